The predicted molar refractivity (Wildman–Crippen MR) is 106 cm³/mol. The Morgan fingerprint density at radius 1 is 1.21 bits per heavy atom. The zero-order valence-electron chi connectivity index (χ0n) is 15.9. The highest BCUT2D eigenvalue weighted by Crippen LogP contribution is 2.26. The Morgan fingerprint density at radius 2 is 2.07 bits per heavy atom. The molecule has 2 aromatic heterocycles. The minimum atomic E-state index is 0.0742. The quantitative estimate of drug-likeness (QED) is 0.757. The Bertz CT molecular complexity index is 1040. The molecule has 28 heavy (non-hydrogen) atoms. The first-order valence-corrected chi connectivity index (χ1v) is 9.75. The van der Waals surface area contributed by atoms with Crippen LogP contribution in [-0.4, -0.2) is 45.7 Å². The van der Waals surface area contributed by atoms with E-state index >= 15 is 0 Å². The van der Waals surface area contributed by atoms with Crippen molar-refractivity contribution in [2.75, 3.05) is 25.6 Å². The number of hydrogen-bond donors (Lipinski definition) is 1. The molecule has 4 heterocycles. The fourth-order valence-corrected chi connectivity index (χ4v) is 4.09. The number of fused-ring (bicyclic) bond motifs is 2. The van der Waals surface area contributed by atoms with Gasteiger partial charge in [0.15, 0.2) is 5.65 Å². The number of carbonyl (C=O) groups is 1. The van der Waals surface area contributed by atoms with Crippen LogP contribution in [0.5, 0.6) is 0 Å². The van der Waals surface area contributed by atoms with Gasteiger partial charge in [-0.15, -0.1) is 5.10 Å². The molecule has 7 nitrogen and oxygen atoms in total. The average molecular weight is 377 g/mol. The van der Waals surface area contributed by atoms with Gasteiger partial charge >= 0.3 is 0 Å². The van der Waals surface area contributed by atoms with Crippen LogP contribution in [0.2, 0.25) is 0 Å². The lowest BCUT2D eigenvalue weighted by molar-refractivity contribution is 0.0661. The average Bonchev–Trinajstić information content (AvgIpc) is 3.23. The summed E-state index contributed by atoms with van der Waals surface area (Å²) in [6, 6.07) is 11.9. The highest BCUT2D eigenvalue weighted by Gasteiger charge is 2.24. The summed E-state index contributed by atoms with van der Waals surface area (Å²) in [6.07, 6.45) is 3.17. The van der Waals surface area contributed by atoms with Crippen molar-refractivity contribution in [2.45, 2.75) is 25.8 Å². The van der Waals surface area contributed by atoms with Gasteiger partial charge in [-0.3, -0.25) is 4.79 Å². The van der Waals surface area contributed by atoms with Crippen molar-refractivity contribution in [3.05, 3.63) is 53.2 Å². The van der Waals surface area contributed by atoms with Crippen molar-refractivity contribution in [1.29, 1.82) is 0 Å². The van der Waals surface area contributed by atoms with Gasteiger partial charge in [-0.2, -0.15) is 4.98 Å². The summed E-state index contributed by atoms with van der Waals surface area (Å²) in [5, 5.41) is 7.97. The first kappa shape index (κ1) is 17.2. The van der Waals surface area contributed by atoms with Crippen molar-refractivity contribution in [3.8, 4) is 0 Å². The van der Waals surface area contributed by atoms with Crippen LogP contribution < -0.4 is 5.32 Å². The van der Waals surface area contributed by atoms with E-state index in [4.69, 9.17) is 4.74 Å². The summed E-state index contributed by atoms with van der Waals surface area (Å²) in [6.45, 7) is 2.33. The Morgan fingerprint density at radius 3 is 2.93 bits per heavy atom. The van der Waals surface area contributed by atoms with Gasteiger partial charge in [0.2, 0.25) is 5.95 Å². The van der Waals surface area contributed by atoms with Crippen LogP contribution in [-0.2, 0) is 17.7 Å². The molecule has 1 aromatic carbocycles. The van der Waals surface area contributed by atoms with Gasteiger partial charge < -0.3 is 15.0 Å². The minimum absolute atomic E-state index is 0.0742. The van der Waals surface area contributed by atoms with Crippen molar-refractivity contribution >= 4 is 23.2 Å². The minimum Gasteiger partial charge on any atom is -0.381 e. The van der Waals surface area contributed by atoms with Crippen molar-refractivity contribution in [2.24, 2.45) is 5.92 Å². The monoisotopic (exact) mass is 377 g/mol. The normalized spacial score (nSPS) is 17.3. The molecule has 1 fully saturated rings. The van der Waals surface area contributed by atoms with Crippen molar-refractivity contribution in [1.82, 2.24) is 19.5 Å². The number of pyridine rings is 1. The van der Waals surface area contributed by atoms with E-state index in [1.807, 2.05) is 41.9 Å². The van der Waals surface area contributed by atoms with Gasteiger partial charge in [-0.1, -0.05) is 6.07 Å². The fourth-order valence-electron chi connectivity index (χ4n) is 4.09. The number of carbonyl (C=O) groups excluding carboxylic acids is 1. The van der Waals surface area contributed by atoms with Gasteiger partial charge in [-0.25, -0.2) is 4.52 Å². The Kier molecular flexibility index (Phi) is 4.24. The first-order chi connectivity index (χ1) is 13.7. The second-order valence-corrected chi connectivity index (χ2v) is 7.64. The topological polar surface area (TPSA) is 71.8 Å². The van der Waals surface area contributed by atoms with Gasteiger partial charge in [-0.05, 0) is 61.1 Å². The molecule has 1 amide bonds. The molecule has 1 N–H and O–H groups in total. The molecule has 0 saturated carbocycles. The molecule has 0 aliphatic carbocycles. The maximum absolute atomic E-state index is 12.1. The maximum Gasteiger partial charge on any atom is 0.254 e. The molecule has 0 radical (unpaired) electrons. The maximum atomic E-state index is 12.1. The molecule has 0 unspecified atom stereocenters. The standard InChI is InChI=1S/C21H23N5O2/c1-25-13-15-12-16(5-6-18(15)20(25)27)22-21-23-19-4-2-3-17(26(19)24-21)11-14-7-9-28-10-8-14/h2-6,12,14H,7-11,13H2,1H3,(H,22,24). The van der Waals surface area contributed by atoms with E-state index in [0.29, 0.717) is 18.4 Å². The number of rotatable bonds is 4. The van der Waals surface area contributed by atoms with E-state index in [9.17, 15) is 4.79 Å². The van der Waals surface area contributed by atoms with E-state index < -0.39 is 0 Å². The molecular formula is C21H23N5O2. The van der Waals surface area contributed by atoms with Gasteiger partial charge in [0.1, 0.15) is 0 Å². The van der Waals surface area contributed by atoms with E-state index in [1.165, 1.54) is 5.69 Å². The molecule has 1 saturated heterocycles. The number of amides is 1. The zero-order valence-corrected chi connectivity index (χ0v) is 15.9. The van der Waals surface area contributed by atoms with E-state index in [-0.39, 0.29) is 5.91 Å². The number of aromatic nitrogens is 3. The molecule has 0 spiro atoms. The molecule has 5 rings (SSSR count). The third-order valence-electron chi connectivity index (χ3n) is 5.62. The van der Waals surface area contributed by atoms with Crippen LogP contribution >= 0.6 is 0 Å². The summed E-state index contributed by atoms with van der Waals surface area (Å²) in [7, 11) is 1.82. The second-order valence-electron chi connectivity index (χ2n) is 7.64. The zero-order chi connectivity index (χ0) is 19.1. The summed E-state index contributed by atoms with van der Waals surface area (Å²) in [4.78, 5) is 18.4. The highest BCUT2D eigenvalue weighted by atomic mass is 16.5. The summed E-state index contributed by atoms with van der Waals surface area (Å²) in [5.41, 5.74) is 4.70. The molecule has 2 aliphatic heterocycles. The largest absolute Gasteiger partial charge is 0.381 e. The van der Waals surface area contributed by atoms with Crippen LogP contribution in [0.3, 0.4) is 0 Å². The van der Waals surface area contributed by atoms with Crippen molar-refractivity contribution in [3.63, 3.8) is 0 Å². The van der Waals surface area contributed by atoms with Crippen LogP contribution in [0.25, 0.3) is 5.65 Å². The van der Waals surface area contributed by atoms with Gasteiger partial charge in [0, 0.05) is 43.8 Å². The molecule has 0 atom stereocenters. The van der Waals surface area contributed by atoms with E-state index in [0.717, 1.165) is 54.9 Å². The third-order valence-corrected chi connectivity index (χ3v) is 5.62. The van der Waals surface area contributed by atoms with Gasteiger partial charge in [0.25, 0.3) is 5.91 Å². The number of anilines is 2. The first-order valence-electron chi connectivity index (χ1n) is 9.75. The number of nitrogens with zero attached hydrogens (tertiary/aromatic N) is 4. The van der Waals surface area contributed by atoms with Crippen molar-refractivity contribution < 1.29 is 9.53 Å². The third kappa shape index (κ3) is 3.11. The lowest BCUT2D eigenvalue weighted by Crippen LogP contribution is -2.18. The Hall–Kier alpha value is -2.93. The van der Waals surface area contributed by atoms with E-state index in [2.05, 4.69) is 21.5 Å². The van der Waals surface area contributed by atoms with Crippen LogP contribution in [0, 0.1) is 5.92 Å². The molecule has 3 aromatic rings. The fraction of sp³-hybridized carbons (Fsp3) is 0.381. The summed E-state index contributed by atoms with van der Waals surface area (Å²) < 4.78 is 7.40. The van der Waals surface area contributed by atoms with Gasteiger partial charge in [0.05, 0.1) is 0 Å². The molecule has 7 heteroatoms. The second kappa shape index (κ2) is 6.91. The van der Waals surface area contributed by atoms with Crippen LogP contribution in [0.1, 0.15) is 34.5 Å². The number of hydrogen-bond acceptors (Lipinski definition) is 5. The summed E-state index contributed by atoms with van der Waals surface area (Å²) in [5.74, 6) is 1.27. The predicted octanol–water partition coefficient (Wildman–Crippen LogP) is 3.03. The number of ether oxygens (including phenoxy) is 1. The molecule has 2 aliphatic rings. The number of benzene rings is 1. The SMILES string of the molecule is CN1Cc2cc(Nc3nc4cccc(CC5CCOCC5)n4n3)ccc2C1=O. The smallest absolute Gasteiger partial charge is 0.254 e. The van der Waals surface area contributed by atoms with Crippen LogP contribution in [0.4, 0.5) is 11.6 Å². The Labute approximate surface area is 163 Å². The molecular weight excluding hydrogens is 354 g/mol. The Balaban J connectivity index is 1.39. The summed E-state index contributed by atoms with van der Waals surface area (Å²) >= 11 is 0. The highest BCUT2D eigenvalue weighted by molar-refractivity contribution is 5.98. The number of nitrogens with one attached hydrogen (secondary N) is 1. The molecule has 0 bridgehead atoms. The lowest BCUT2D eigenvalue weighted by Gasteiger charge is -2.21. The van der Waals surface area contributed by atoms with Crippen LogP contribution in [0.15, 0.2) is 36.4 Å². The van der Waals surface area contributed by atoms with E-state index in [1.54, 1.807) is 4.90 Å². The lowest BCUT2D eigenvalue weighted by atomic mass is 9.95. The molecule has 144 valence electrons.